The lowest BCUT2D eigenvalue weighted by atomic mass is 9.93. The van der Waals surface area contributed by atoms with Gasteiger partial charge in [-0.25, -0.2) is 0 Å². The Labute approximate surface area is 144 Å². The summed E-state index contributed by atoms with van der Waals surface area (Å²) in [6, 6.07) is 2.33. The minimum atomic E-state index is -0.956. The Hall–Kier alpha value is -2.84. The van der Waals surface area contributed by atoms with Crippen LogP contribution in [0.25, 0.3) is 0 Å². The van der Waals surface area contributed by atoms with Crippen LogP contribution in [0.15, 0.2) is 12.1 Å². The number of carbonyl (C=O) groups is 2. The topological polar surface area (TPSA) is 119 Å². The number of amides is 1. The molecule has 1 aromatic carbocycles. The summed E-state index contributed by atoms with van der Waals surface area (Å²) in [7, 11) is 2.59. The standard InChI is InChI=1S/C16H20N2O7/c1-9-4-5-10(16(20)21)8-17(9)15(19)11-6-12(18(22)23)14(25-3)13(7-11)24-2/h6-7,9-10H,4-5,8H2,1-3H3,(H,20,21). The number of nitro benzene ring substituents is 1. The number of nitro groups is 1. The Morgan fingerprint density at radius 2 is 1.96 bits per heavy atom. The van der Waals surface area contributed by atoms with E-state index in [9.17, 15) is 24.8 Å². The molecule has 1 amide bonds. The van der Waals surface area contributed by atoms with Crippen LogP contribution in [-0.2, 0) is 4.79 Å². The van der Waals surface area contributed by atoms with Crippen molar-refractivity contribution < 1.29 is 29.1 Å². The van der Waals surface area contributed by atoms with Gasteiger partial charge in [0.2, 0.25) is 5.75 Å². The maximum Gasteiger partial charge on any atom is 0.315 e. The van der Waals surface area contributed by atoms with Crippen molar-refractivity contribution in [2.45, 2.75) is 25.8 Å². The quantitative estimate of drug-likeness (QED) is 0.635. The van der Waals surface area contributed by atoms with Gasteiger partial charge >= 0.3 is 11.7 Å². The molecule has 2 unspecified atom stereocenters. The molecule has 1 N–H and O–H groups in total. The number of hydrogen-bond acceptors (Lipinski definition) is 6. The van der Waals surface area contributed by atoms with Gasteiger partial charge in [-0.2, -0.15) is 0 Å². The molecular weight excluding hydrogens is 332 g/mol. The summed E-state index contributed by atoms with van der Waals surface area (Å²) in [5.74, 6) is -2.07. The zero-order valence-electron chi connectivity index (χ0n) is 14.2. The number of methoxy groups -OCH3 is 2. The van der Waals surface area contributed by atoms with E-state index in [2.05, 4.69) is 0 Å². The number of rotatable bonds is 5. The van der Waals surface area contributed by atoms with Crippen LogP contribution in [0.1, 0.15) is 30.1 Å². The third-order valence-corrected chi connectivity index (χ3v) is 4.40. The first-order chi connectivity index (χ1) is 11.8. The molecule has 2 rings (SSSR count). The molecule has 9 nitrogen and oxygen atoms in total. The molecule has 0 aliphatic carbocycles. The molecule has 136 valence electrons. The van der Waals surface area contributed by atoms with Gasteiger partial charge in [-0.3, -0.25) is 19.7 Å². The Bertz CT molecular complexity index is 704. The molecule has 1 saturated heterocycles. The lowest BCUT2D eigenvalue weighted by Crippen LogP contribution is -2.47. The fourth-order valence-corrected chi connectivity index (χ4v) is 2.96. The molecule has 1 aromatic rings. The van der Waals surface area contributed by atoms with Crippen LogP contribution >= 0.6 is 0 Å². The molecule has 9 heteroatoms. The molecule has 25 heavy (non-hydrogen) atoms. The predicted octanol–water partition coefficient (Wildman–Crippen LogP) is 1.94. The maximum atomic E-state index is 12.8. The molecular formula is C16H20N2O7. The van der Waals surface area contributed by atoms with E-state index >= 15 is 0 Å². The van der Waals surface area contributed by atoms with Gasteiger partial charge in [0.05, 0.1) is 30.6 Å². The van der Waals surface area contributed by atoms with Crippen LogP contribution in [0, 0.1) is 16.0 Å². The van der Waals surface area contributed by atoms with E-state index in [0.717, 1.165) is 6.07 Å². The normalized spacial score (nSPS) is 20.0. The third kappa shape index (κ3) is 3.65. The van der Waals surface area contributed by atoms with Gasteiger partial charge in [0.25, 0.3) is 5.91 Å². The highest BCUT2D eigenvalue weighted by Gasteiger charge is 2.34. The highest BCUT2D eigenvalue weighted by molar-refractivity contribution is 5.96. The van der Waals surface area contributed by atoms with Crippen molar-refractivity contribution in [3.63, 3.8) is 0 Å². The summed E-state index contributed by atoms with van der Waals surface area (Å²) < 4.78 is 10.1. The van der Waals surface area contributed by atoms with Gasteiger partial charge in [0.15, 0.2) is 5.75 Å². The van der Waals surface area contributed by atoms with Gasteiger partial charge in [-0.1, -0.05) is 0 Å². The lowest BCUT2D eigenvalue weighted by molar-refractivity contribution is -0.385. The average molecular weight is 352 g/mol. The Balaban J connectivity index is 2.42. The monoisotopic (exact) mass is 352 g/mol. The second-order valence-corrected chi connectivity index (χ2v) is 5.91. The van der Waals surface area contributed by atoms with Gasteiger partial charge < -0.3 is 19.5 Å². The van der Waals surface area contributed by atoms with E-state index in [4.69, 9.17) is 9.47 Å². The second-order valence-electron chi connectivity index (χ2n) is 5.91. The van der Waals surface area contributed by atoms with Crippen molar-refractivity contribution in [3.05, 3.63) is 27.8 Å². The molecule has 0 bridgehead atoms. The number of hydrogen-bond donors (Lipinski definition) is 1. The van der Waals surface area contributed by atoms with E-state index in [1.807, 2.05) is 6.92 Å². The highest BCUT2D eigenvalue weighted by atomic mass is 16.6. The van der Waals surface area contributed by atoms with Gasteiger partial charge in [0.1, 0.15) is 0 Å². The number of carboxylic acids is 1. The number of carbonyl (C=O) groups excluding carboxylic acids is 1. The predicted molar refractivity (Wildman–Crippen MR) is 87.1 cm³/mol. The molecule has 0 radical (unpaired) electrons. The molecule has 1 heterocycles. The fourth-order valence-electron chi connectivity index (χ4n) is 2.96. The number of aliphatic carboxylic acids is 1. The fraction of sp³-hybridized carbons (Fsp3) is 0.500. The number of ether oxygens (including phenoxy) is 2. The largest absolute Gasteiger partial charge is 0.493 e. The average Bonchev–Trinajstić information content (AvgIpc) is 2.59. The maximum absolute atomic E-state index is 12.8. The van der Waals surface area contributed by atoms with E-state index < -0.39 is 22.7 Å². The Morgan fingerprint density at radius 1 is 1.28 bits per heavy atom. The van der Waals surface area contributed by atoms with Gasteiger partial charge in [-0.05, 0) is 25.8 Å². The first kappa shape index (κ1) is 18.5. The second kappa shape index (κ2) is 7.37. The molecule has 0 saturated carbocycles. The summed E-state index contributed by atoms with van der Waals surface area (Å²) in [6.45, 7) is 1.89. The van der Waals surface area contributed by atoms with E-state index in [1.165, 1.54) is 25.2 Å². The highest BCUT2D eigenvalue weighted by Crippen LogP contribution is 2.38. The zero-order chi connectivity index (χ0) is 18.7. The summed E-state index contributed by atoms with van der Waals surface area (Å²) in [5.41, 5.74) is -0.327. The molecule has 0 spiro atoms. The minimum Gasteiger partial charge on any atom is -0.493 e. The van der Waals surface area contributed by atoms with Crippen molar-refractivity contribution >= 4 is 17.6 Å². The van der Waals surface area contributed by atoms with Crippen LogP contribution in [-0.4, -0.2) is 53.6 Å². The Kier molecular flexibility index (Phi) is 5.45. The summed E-state index contributed by atoms with van der Waals surface area (Å²) in [4.78, 5) is 36.1. The molecule has 1 aliphatic heterocycles. The number of carboxylic acid groups (broad SMARTS) is 1. The molecule has 2 atom stereocenters. The number of benzene rings is 1. The number of nitrogens with zero attached hydrogens (tertiary/aromatic N) is 2. The van der Waals surface area contributed by atoms with Gasteiger partial charge in [0, 0.05) is 18.7 Å². The van der Waals surface area contributed by atoms with E-state index in [-0.39, 0.29) is 35.3 Å². The number of piperidine rings is 1. The van der Waals surface area contributed by atoms with Crippen molar-refractivity contribution in [2.24, 2.45) is 5.92 Å². The molecule has 1 fully saturated rings. The van der Waals surface area contributed by atoms with Crippen LogP contribution in [0.3, 0.4) is 0 Å². The Morgan fingerprint density at radius 3 is 2.48 bits per heavy atom. The van der Waals surface area contributed by atoms with Crippen molar-refractivity contribution in [2.75, 3.05) is 20.8 Å². The molecule has 0 aromatic heterocycles. The first-order valence-electron chi connectivity index (χ1n) is 7.74. The smallest absolute Gasteiger partial charge is 0.315 e. The number of likely N-dealkylation sites (tertiary alicyclic amines) is 1. The van der Waals surface area contributed by atoms with Crippen molar-refractivity contribution in [3.8, 4) is 11.5 Å². The molecule has 1 aliphatic rings. The first-order valence-corrected chi connectivity index (χ1v) is 7.74. The summed E-state index contributed by atoms with van der Waals surface area (Å²) >= 11 is 0. The summed E-state index contributed by atoms with van der Waals surface area (Å²) in [5, 5.41) is 20.5. The van der Waals surface area contributed by atoms with Crippen LogP contribution < -0.4 is 9.47 Å². The zero-order valence-corrected chi connectivity index (χ0v) is 14.2. The van der Waals surface area contributed by atoms with E-state index in [0.29, 0.717) is 12.8 Å². The van der Waals surface area contributed by atoms with Crippen LogP contribution in [0.5, 0.6) is 11.5 Å². The van der Waals surface area contributed by atoms with E-state index in [1.54, 1.807) is 0 Å². The van der Waals surface area contributed by atoms with Crippen molar-refractivity contribution in [1.29, 1.82) is 0 Å². The van der Waals surface area contributed by atoms with Crippen molar-refractivity contribution in [1.82, 2.24) is 4.90 Å². The third-order valence-electron chi connectivity index (χ3n) is 4.40. The lowest BCUT2D eigenvalue weighted by Gasteiger charge is -2.36. The minimum absolute atomic E-state index is 0.0576. The van der Waals surface area contributed by atoms with Crippen LogP contribution in [0.4, 0.5) is 5.69 Å². The van der Waals surface area contributed by atoms with Gasteiger partial charge in [-0.15, -0.1) is 0 Å². The van der Waals surface area contributed by atoms with Crippen LogP contribution in [0.2, 0.25) is 0 Å². The SMILES string of the molecule is COc1cc(C(=O)N2CC(C(=O)O)CCC2C)cc([N+](=O)[O-])c1OC. The summed E-state index contributed by atoms with van der Waals surface area (Å²) in [6.07, 6.45) is 1.05.